The van der Waals surface area contributed by atoms with Crippen molar-refractivity contribution in [3.63, 3.8) is 0 Å². The fourth-order valence-electron chi connectivity index (χ4n) is 2.01. The predicted molar refractivity (Wildman–Crippen MR) is 60.7 cm³/mol. The fourth-order valence-corrected chi connectivity index (χ4v) is 4.53. The molecule has 0 aromatic heterocycles. The Morgan fingerprint density at radius 3 is 2.71 bits per heavy atom. The Morgan fingerprint density at radius 1 is 1.14 bits per heavy atom. The Hall–Kier alpha value is -0.288. The molecule has 0 atom stereocenters. The summed E-state index contributed by atoms with van der Waals surface area (Å²) in [7, 11) is 0. The largest absolute Gasteiger partial charge is 0.501 e. The molecule has 1 aromatic rings. The van der Waals surface area contributed by atoms with Gasteiger partial charge in [0.05, 0.1) is 0 Å². The van der Waals surface area contributed by atoms with Crippen LogP contribution < -0.4 is 0 Å². The first kappa shape index (κ1) is 10.2. The van der Waals surface area contributed by atoms with Crippen LogP contribution in [0.15, 0.2) is 30.3 Å². The highest BCUT2D eigenvalue weighted by Crippen LogP contribution is 2.16. The van der Waals surface area contributed by atoms with E-state index in [1.165, 1.54) is 35.4 Å². The topological polar surface area (TPSA) is 9.23 Å². The van der Waals surface area contributed by atoms with Crippen LogP contribution in [-0.2, 0) is 10.2 Å². The Morgan fingerprint density at radius 2 is 2.00 bits per heavy atom. The number of hydrogen-bond acceptors (Lipinski definition) is 1. The van der Waals surface area contributed by atoms with Gasteiger partial charge in [-0.05, 0) is 18.4 Å². The molecule has 0 spiro atoms. The summed E-state index contributed by atoms with van der Waals surface area (Å²) in [6.45, 7) is 1.03. The second-order valence-electron chi connectivity index (χ2n) is 4.01. The van der Waals surface area contributed by atoms with Crippen LogP contribution in [0.25, 0.3) is 0 Å². The van der Waals surface area contributed by atoms with Gasteiger partial charge < -0.3 is 3.79 Å². The molecule has 1 nitrogen and oxygen atoms in total. The Balaban J connectivity index is 1.76. The maximum atomic E-state index is 5.84. The van der Waals surface area contributed by atoms with Crippen molar-refractivity contribution in [2.24, 2.45) is 0 Å². The summed E-state index contributed by atoms with van der Waals surface area (Å²) in [5.74, 6) is 0. The lowest BCUT2D eigenvalue weighted by atomic mass is 10.2. The maximum absolute atomic E-state index is 5.84. The molecule has 2 heteroatoms. The van der Waals surface area contributed by atoms with Gasteiger partial charge in [0.2, 0.25) is 0 Å². The summed E-state index contributed by atoms with van der Waals surface area (Å²) < 4.78 is 5.84. The van der Waals surface area contributed by atoms with Crippen LogP contribution in [0, 0.1) is 0 Å². The minimum Gasteiger partial charge on any atom is -0.501 e. The smallest absolute Gasteiger partial charge is 0.461 e. The van der Waals surface area contributed by atoms with Crippen LogP contribution in [0.4, 0.5) is 0 Å². The summed E-state index contributed by atoms with van der Waals surface area (Å²) >= 11 is -0.796. The van der Waals surface area contributed by atoms with Crippen molar-refractivity contribution >= 4 is 14.5 Å². The highest BCUT2D eigenvalue weighted by Gasteiger charge is 2.22. The summed E-state index contributed by atoms with van der Waals surface area (Å²) in [4.78, 5) is 0. The predicted octanol–water partition coefficient (Wildman–Crippen LogP) is 3.03. The van der Waals surface area contributed by atoms with E-state index in [-0.39, 0.29) is 0 Å². The van der Waals surface area contributed by atoms with Gasteiger partial charge in [-0.2, -0.15) is 0 Å². The number of rotatable bonds is 3. The van der Waals surface area contributed by atoms with Crippen LogP contribution >= 0.6 is 0 Å². The van der Waals surface area contributed by atoms with Crippen LogP contribution in [0.5, 0.6) is 0 Å². The molecular weight excluding hydrogens is 187 g/mol. The van der Waals surface area contributed by atoms with Gasteiger partial charge >= 0.3 is 14.5 Å². The lowest BCUT2D eigenvalue weighted by Gasteiger charge is -2.18. The lowest BCUT2D eigenvalue weighted by Crippen LogP contribution is -2.23. The molecule has 2 rings (SSSR count). The monoisotopic (exact) mass is 204 g/mol. The average Bonchev–Trinajstić information content (AvgIpc) is 2.29. The minimum atomic E-state index is -0.796. The van der Waals surface area contributed by atoms with E-state index in [1.807, 2.05) is 0 Å². The van der Waals surface area contributed by atoms with Gasteiger partial charge in [0.1, 0.15) is 0 Å². The van der Waals surface area contributed by atoms with Gasteiger partial charge in [-0.15, -0.1) is 0 Å². The van der Waals surface area contributed by atoms with E-state index in [0.717, 1.165) is 6.61 Å². The molecule has 0 aliphatic carbocycles. The highest BCUT2D eigenvalue weighted by molar-refractivity contribution is 6.52. The lowest BCUT2D eigenvalue weighted by molar-refractivity contribution is 0.286. The van der Waals surface area contributed by atoms with Crippen molar-refractivity contribution < 1.29 is 3.79 Å². The number of benzene rings is 1. The zero-order valence-corrected chi connectivity index (χ0v) is 9.77. The van der Waals surface area contributed by atoms with E-state index in [4.69, 9.17) is 3.79 Å². The van der Waals surface area contributed by atoms with Gasteiger partial charge in [0, 0.05) is 6.61 Å². The van der Waals surface area contributed by atoms with E-state index in [9.17, 15) is 0 Å². The standard InChI is InChI=1S/C8H9.C4H8O.Al/c1-2-8-6-4-3-5-7-8;1-2-3-4-5;/h3-7H,1-2H2;1-4H2;/q;-1;+1. The van der Waals surface area contributed by atoms with E-state index in [1.54, 1.807) is 0 Å². The third-order valence-electron chi connectivity index (χ3n) is 2.87. The molecule has 1 heterocycles. The summed E-state index contributed by atoms with van der Waals surface area (Å²) in [5, 5.41) is 2.72. The number of aryl methyl sites for hydroxylation is 1. The number of hydrogen-bond donors (Lipinski definition) is 0. The molecule has 14 heavy (non-hydrogen) atoms. The van der Waals surface area contributed by atoms with E-state index in [2.05, 4.69) is 30.3 Å². The van der Waals surface area contributed by atoms with E-state index >= 15 is 0 Å². The van der Waals surface area contributed by atoms with Gasteiger partial charge in [-0.3, -0.25) is 0 Å². The molecule has 1 fully saturated rings. The molecule has 0 radical (unpaired) electrons. The van der Waals surface area contributed by atoms with E-state index in [0.29, 0.717) is 0 Å². The van der Waals surface area contributed by atoms with Crippen molar-refractivity contribution in [2.45, 2.75) is 29.8 Å². The SMILES string of the molecule is c1ccc(C[CH2][Al]2[CH2]CCC[O]2)cc1. The summed E-state index contributed by atoms with van der Waals surface area (Å²) in [6, 6.07) is 10.8. The molecule has 1 aliphatic rings. The molecule has 1 aromatic carbocycles. The zero-order valence-electron chi connectivity index (χ0n) is 8.61. The molecule has 74 valence electrons. The van der Waals surface area contributed by atoms with Crippen LogP contribution in [0.2, 0.25) is 10.6 Å². The van der Waals surface area contributed by atoms with Crippen LogP contribution in [-0.4, -0.2) is 21.1 Å². The van der Waals surface area contributed by atoms with Crippen molar-refractivity contribution in [1.29, 1.82) is 0 Å². The minimum absolute atomic E-state index is 0.796. The summed E-state index contributed by atoms with van der Waals surface area (Å²) in [5.41, 5.74) is 1.47. The average molecular weight is 204 g/mol. The van der Waals surface area contributed by atoms with Crippen molar-refractivity contribution in [1.82, 2.24) is 0 Å². The van der Waals surface area contributed by atoms with Crippen LogP contribution in [0.1, 0.15) is 18.4 Å². The quantitative estimate of drug-likeness (QED) is 0.688. The van der Waals surface area contributed by atoms with E-state index < -0.39 is 14.5 Å². The molecule has 0 amide bonds. The molecule has 1 saturated heterocycles. The first-order valence-electron chi connectivity index (χ1n) is 5.61. The Kier molecular flexibility index (Phi) is 4.06. The fraction of sp³-hybridized carbons (Fsp3) is 0.500. The second kappa shape index (κ2) is 5.56. The van der Waals surface area contributed by atoms with Gasteiger partial charge in [0.15, 0.2) is 0 Å². The normalized spacial score (nSPS) is 17.0. The van der Waals surface area contributed by atoms with Crippen molar-refractivity contribution in [3.05, 3.63) is 35.9 Å². The van der Waals surface area contributed by atoms with Crippen LogP contribution in [0.3, 0.4) is 0 Å². The van der Waals surface area contributed by atoms with Crippen molar-refractivity contribution in [2.75, 3.05) is 6.61 Å². The van der Waals surface area contributed by atoms with Gasteiger partial charge in [0.25, 0.3) is 0 Å². The molecular formula is C12H17AlO. The molecule has 0 unspecified atom stereocenters. The van der Waals surface area contributed by atoms with Crippen molar-refractivity contribution in [3.8, 4) is 0 Å². The molecule has 0 bridgehead atoms. The van der Waals surface area contributed by atoms with Gasteiger partial charge in [-0.1, -0.05) is 47.3 Å². The molecule has 0 saturated carbocycles. The third-order valence-corrected chi connectivity index (χ3v) is 5.56. The highest BCUT2D eigenvalue weighted by atomic mass is 27.2. The zero-order chi connectivity index (χ0) is 9.64. The Bertz CT molecular complexity index is 254. The summed E-state index contributed by atoms with van der Waals surface area (Å²) in [6.07, 6.45) is 3.91. The first-order valence-corrected chi connectivity index (χ1v) is 7.71. The molecule has 1 aliphatic heterocycles. The third kappa shape index (κ3) is 3.13. The second-order valence-corrected chi connectivity index (χ2v) is 6.74. The Labute approximate surface area is 90.8 Å². The first-order chi connectivity index (χ1) is 6.95. The maximum Gasteiger partial charge on any atom is 0.461 e. The van der Waals surface area contributed by atoms with Gasteiger partial charge in [-0.25, -0.2) is 0 Å². The molecule has 0 N–H and O–H groups in total.